The molecule has 0 amide bonds. The highest BCUT2D eigenvalue weighted by molar-refractivity contribution is 5.67. The second kappa shape index (κ2) is 6.92. The average Bonchev–Trinajstić information content (AvgIpc) is 2.88. The summed E-state index contributed by atoms with van der Waals surface area (Å²) in [6.07, 6.45) is 11.2. The van der Waals surface area contributed by atoms with E-state index in [-0.39, 0.29) is 10.8 Å². The summed E-state index contributed by atoms with van der Waals surface area (Å²) >= 11 is 0. The number of aryl methyl sites for hydroxylation is 2. The average molecular weight is 361 g/mol. The molecule has 2 aromatic rings. The Kier molecular flexibility index (Phi) is 4.94. The van der Waals surface area contributed by atoms with Crippen molar-refractivity contribution in [2.75, 3.05) is 5.32 Å². The molecule has 1 aromatic carbocycles. The second-order valence-electron chi connectivity index (χ2n) is 9.06. The molecule has 1 aliphatic rings. The molecule has 0 aliphatic heterocycles. The van der Waals surface area contributed by atoms with E-state index in [1.165, 1.54) is 22.4 Å². The van der Waals surface area contributed by atoms with Crippen LogP contribution in [0.5, 0.6) is 0 Å². The minimum absolute atomic E-state index is 0.0911. The summed E-state index contributed by atoms with van der Waals surface area (Å²) in [7, 11) is 0. The standard InChI is InChI=1S/C25H32N2/c1-18-8-9-22(16-19(18)2)26-20(3)25(6,7)17-27-15-12-21-10-13-24(4,5)14-11-23(21)27/h8-16,26H,3,17H2,1-2,4-7H3. The van der Waals surface area contributed by atoms with Gasteiger partial charge in [0.05, 0.1) is 0 Å². The predicted octanol–water partition coefficient (Wildman–Crippen LogP) is 6.82. The second-order valence-corrected chi connectivity index (χ2v) is 9.06. The van der Waals surface area contributed by atoms with Gasteiger partial charge in [0.2, 0.25) is 0 Å². The molecule has 27 heavy (non-hydrogen) atoms. The van der Waals surface area contributed by atoms with Crippen molar-refractivity contribution >= 4 is 17.8 Å². The molecule has 1 aliphatic carbocycles. The van der Waals surface area contributed by atoms with E-state index in [1.807, 2.05) is 0 Å². The number of hydrogen-bond acceptors (Lipinski definition) is 1. The van der Waals surface area contributed by atoms with Gasteiger partial charge in [0, 0.05) is 40.6 Å². The van der Waals surface area contributed by atoms with Crippen molar-refractivity contribution in [3.63, 3.8) is 0 Å². The van der Waals surface area contributed by atoms with Gasteiger partial charge in [-0.1, -0.05) is 58.6 Å². The van der Waals surface area contributed by atoms with Gasteiger partial charge in [0.25, 0.3) is 0 Å². The number of nitrogens with one attached hydrogen (secondary N) is 1. The minimum atomic E-state index is -0.0923. The summed E-state index contributed by atoms with van der Waals surface area (Å²) in [6, 6.07) is 8.67. The number of fused-ring (bicyclic) bond motifs is 1. The lowest BCUT2D eigenvalue weighted by Crippen LogP contribution is -2.26. The SMILES string of the molecule is C=C(Nc1ccc(C)c(C)c1)C(C)(C)Cn1ccc2c1C=CC(C)(C)C=C2. The van der Waals surface area contributed by atoms with Gasteiger partial charge in [-0.2, -0.15) is 0 Å². The van der Waals surface area contributed by atoms with Crippen molar-refractivity contribution in [3.8, 4) is 0 Å². The first-order valence-corrected chi connectivity index (χ1v) is 9.69. The van der Waals surface area contributed by atoms with Crippen molar-refractivity contribution < 1.29 is 0 Å². The topological polar surface area (TPSA) is 17.0 Å². The van der Waals surface area contributed by atoms with E-state index in [9.17, 15) is 0 Å². The van der Waals surface area contributed by atoms with E-state index in [0.717, 1.165) is 17.9 Å². The Morgan fingerprint density at radius 1 is 1.07 bits per heavy atom. The number of anilines is 1. The monoisotopic (exact) mass is 360 g/mol. The largest absolute Gasteiger partial charge is 0.359 e. The third kappa shape index (κ3) is 4.27. The Bertz CT molecular complexity index is 920. The number of aromatic nitrogens is 1. The Morgan fingerprint density at radius 3 is 2.48 bits per heavy atom. The van der Waals surface area contributed by atoms with Crippen LogP contribution in [0.3, 0.4) is 0 Å². The van der Waals surface area contributed by atoms with Crippen molar-refractivity contribution in [2.45, 2.75) is 48.1 Å². The molecule has 0 spiro atoms. The summed E-state index contributed by atoms with van der Waals surface area (Å²) in [5, 5.41) is 3.53. The van der Waals surface area contributed by atoms with E-state index in [4.69, 9.17) is 0 Å². The first kappa shape index (κ1) is 19.3. The molecular formula is C25H32N2. The highest BCUT2D eigenvalue weighted by Crippen LogP contribution is 2.33. The fraction of sp³-hybridized carbons (Fsp3) is 0.360. The van der Waals surface area contributed by atoms with Crippen LogP contribution in [0.15, 0.2) is 54.9 Å². The molecule has 0 saturated carbocycles. The van der Waals surface area contributed by atoms with Gasteiger partial charge in [0.15, 0.2) is 0 Å². The summed E-state index contributed by atoms with van der Waals surface area (Å²) in [4.78, 5) is 0. The Hall–Kier alpha value is -2.48. The molecule has 0 unspecified atom stereocenters. The lowest BCUT2D eigenvalue weighted by atomic mass is 9.89. The van der Waals surface area contributed by atoms with Crippen molar-refractivity contribution in [3.05, 3.63) is 77.3 Å². The first-order chi connectivity index (χ1) is 12.6. The predicted molar refractivity (Wildman–Crippen MR) is 119 cm³/mol. The number of nitrogens with zero attached hydrogens (tertiary/aromatic N) is 1. The quantitative estimate of drug-likeness (QED) is 0.619. The number of rotatable bonds is 5. The van der Waals surface area contributed by atoms with Crippen LogP contribution >= 0.6 is 0 Å². The zero-order valence-corrected chi connectivity index (χ0v) is 17.6. The first-order valence-electron chi connectivity index (χ1n) is 9.69. The van der Waals surface area contributed by atoms with Crippen LogP contribution in [0.2, 0.25) is 0 Å². The van der Waals surface area contributed by atoms with Gasteiger partial charge in [-0.15, -0.1) is 0 Å². The van der Waals surface area contributed by atoms with Gasteiger partial charge in [-0.3, -0.25) is 0 Å². The van der Waals surface area contributed by atoms with Gasteiger partial charge in [-0.25, -0.2) is 0 Å². The van der Waals surface area contributed by atoms with Crippen LogP contribution in [-0.4, -0.2) is 4.57 Å². The third-order valence-corrected chi connectivity index (χ3v) is 5.59. The highest BCUT2D eigenvalue weighted by atomic mass is 15.0. The maximum absolute atomic E-state index is 4.35. The number of benzene rings is 1. The van der Waals surface area contributed by atoms with Gasteiger partial charge in [-0.05, 0) is 54.8 Å². The Balaban J connectivity index is 1.79. The fourth-order valence-electron chi connectivity index (χ4n) is 3.31. The van der Waals surface area contributed by atoms with Crippen molar-refractivity contribution in [2.24, 2.45) is 10.8 Å². The summed E-state index contributed by atoms with van der Waals surface area (Å²) < 4.78 is 2.34. The van der Waals surface area contributed by atoms with Crippen LogP contribution in [0.1, 0.15) is 50.1 Å². The molecule has 2 heteroatoms. The van der Waals surface area contributed by atoms with Crippen LogP contribution in [-0.2, 0) is 6.54 Å². The maximum Gasteiger partial charge on any atom is 0.0477 e. The molecule has 2 nitrogen and oxygen atoms in total. The lowest BCUT2D eigenvalue weighted by molar-refractivity contribution is 0.374. The Morgan fingerprint density at radius 2 is 1.78 bits per heavy atom. The third-order valence-electron chi connectivity index (χ3n) is 5.59. The zero-order chi connectivity index (χ0) is 19.8. The molecule has 1 N–H and O–H groups in total. The van der Waals surface area contributed by atoms with E-state index >= 15 is 0 Å². The summed E-state index contributed by atoms with van der Waals surface area (Å²) in [5.74, 6) is 0. The smallest absolute Gasteiger partial charge is 0.0477 e. The molecule has 1 heterocycles. The number of hydrogen-bond donors (Lipinski definition) is 1. The van der Waals surface area contributed by atoms with Gasteiger partial charge < -0.3 is 9.88 Å². The van der Waals surface area contributed by atoms with Crippen LogP contribution in [0.4, 0.5) is 5.69 Å². The lowest BCUT2D eigenvalue weighted by Gasteiger charge is -2.30. The van der Waals surface area contributed by atoms with E-state index in [0.29, 0.717) is 0 Å². The van der Waals surface area contributed by atoms with Crippen LogP contribution < -0.4 is 5.32 Å². The van der Waals surface area contributed by atoms with Crippen LogP contribution in [0, 0.1) is 24.7 Å². The minimum Gasteiger partial charge on any atom is -0.359 e. The molecule has 0 saturated heterocycles. The maximum atomic E-state index is 4.35. The molecule has 0 bridgehead atoms. The van der Waals surface area contributed by atoms with Crippen molar-refractivity contribution in [1.29, 1.82) is 0 Å². The number of allylic oxidation sites excluding steroid dienone is 3. The normalized spacial score (nSPS) is 15.3. The molecule has 0 radical (unpaired) electrons. The molecule has 0 fully saturated rings. The summed E-state index contributed by atoms with van der Waals surface area (Å²) in [5.41, 5.74) is 7.28. The molecular weight excluding hydrogens is 328 g/mol. The van der Waals surface area contributed by atoms with E-state index in [1.54, 1.807) is 0 Å². The molecule has 142 valence electrons. The fourth-order valence-corrected chi connectivity index (χ4v) is 3.31. The van der Waals surface area contributed by atoms with E-state index < -0.39 is 0 Å². The zero-order valence-electron chi connectivity index (χ0n) is 17.6. The molecule has 1 aromatic heterocycles. The van der Waals surface area contributed by atoms with Gasteiger partial charge in [0.1, 0.15) is 0 Å². The highest BCUT2D eigenvalue weighted by Gasteiger charge is 2.25. The van der Waals surface area contributed by atoms with Crippen LogP contribution in [0.25, 0.3) is 12.2 Å². The Labute approximate surface area is 164 Å². The van der Waals surface area contributed by atoms with E-state index in [2.05, 4.69) is 113 Å². The molecule has 0 atom stereocenters. The summed E-state index contributed by atoms with van der Waals surface area (Å²) in [6.45, 7) is 18.5. The van der Waals surface area contributed by atoms with Gasteiger partial charge >= 0.3 is 0 Å². The van der Waals surface area contributed by atoms with Crippen molar-refractivity contribution in [1.82, 2.24) is 4.57 Å². The molecule has 3 rings (SSSR count).